The first-order chi connectivity index (χ1) is 9.75. The predicted octanol–water partition coefficient (Wildman–Crippen LogP) is 1.78. The molecule has 1 N–H and O–H groups in total. The minimum Gasteiger partial charge on any atom is -0.381 e. The molecule has 112 valence electrons. The minimum atomic E-state index is -0.434. The second kappa shape index (κ2) is 5.79. The van der Waals surface area contributed by atoms with Gasteiger partial charge in [0.2, 0.25) is 11.7 Å². The van der Waals surface area contributed by atoms with Crippen LogP contribution >= 0.6 is 0 Å². The molecule has 2 saturated heterocycles. The standard InChI is InChI=1S/C14H23N3O3/c1-3-19-14(5-8-18-9-6-14)13-16-12(20-17-13)11-10(2)4-7-15-11/h10-11,15H,3-9H2,1-2H3. The Hall–Kier alpha value is -0.980. The van der Waals surface area contributed by atoms with Crippen molar-refractivity contribution < 1.29 is 14.0 Å². The van der Waals surface area contributed by atoms with Crippen LogP contribution in [0.3, 0.4) is 0 Å². The van der Waals surface area contributed by atoms with Crippen LogP contribution in [0.15, 0.2) is 4.52 Å². The van der Waals surface area contributed by atoms with E-state index in [0.717, 1.165) is 25.8 Å². The van der Waals surface area contributed by atoms with E-state index < -0.39 is 5.60 Å². The largest absolute Gasteiger partial charge is 0.381 e. The normalized spacial score (nSPS) is 29.7. The van der Waals surface area contributed by atoms with Crippen molar-refractivity contribution in [1.82, 2.24) is 15.5 Å². The average molecular weight is 281 g/mol. The van der Waals surface area contributed by atoms with Crippen LogP contribution in [0.25, 0.3) is 0 Å². The van der Waals surface area contributed by atoms with Gasteiger partial charge < -0.3 is 19.3 Å². The molecule has 0 radical (unpaired) electrons. The zero-order valence-electron chi connectivity index (χ0n) is 12.2. The summed E-state index contributed by atoms with van der Waals surface area (Å²) in [6, 6.07) is 0.176. The Labute approximate surface area is 119 Å². The average Bonchev–Trinajstić information content (AvgIpc) is 3.08. The molecular formula is C14H23N3O3. The predicted molar refractivity (Wildman–Crippen MR) is 72.2 cm³/mol. The smallest absolute Gasteiger partial charge is 0.244 e. The van der Waals surface area contributed by atoms with Gasteiger partial charge in [0.05, 0.1) is 6.04 Å². The molecule has 2 aliphatic rings. The Balaban J connectivity index is 1.83. The molecule has 3 rings (SSSR count). The lowest BCUT2D eigenvalue weighted by Gasteiger charge is -2.33. The first-order valence-corrected chi connectivity index (χ1v) is 7.54. The van der Waals surface area contributed by atoms with E-state index in [1.54, 1.807) is 0 Å². The summed E-state index contributed by atoms with van der Waals surface area (Å²) in [6.45, 7) is 7.22. The van der Waals surface area contributed by atoms with Gasteiger partial charge in [0.1, 0.15) is 5.60 Å². The van der Waals surface area contributed by atoms with Gasteiger partial charge in [-0.1, -0.05) is 12.1 Å². The Morgan fingerprint density at radius 1 is 1.40 bits per heavy atom. The summed E-state index contributed by atoms with van der Waals surface area (Å²) in [7, 11) is 0. The Morgan fingerprint density at radius 3 is 2.85 bits per heavy atom. The van der Waals surface area contributed by atoms with E-state index in [9.17, 15) is 0 Å². The maximum Gasteiger partial charge on any atom is 0.244 e. The van der Waals surface area contributed by atoms with Crippen molar-refractivity contribution in [2.24, 2.45) is 5.92 Å². The minimum absolute atomic E-state index is 0.176. The molecule has 2 atom stereocenters. The van der Waals surface area contributed by atoms with Gasteiger partial charge in [0, 0.05) is 32.7 Å². The van der Waals surface area contributed by atoms with Gasteiger partial charge >= 0.3 is 0 Å². The highest BCUT2D eigenvalue weighted by Gasteiger charge is 2.41. The van der Waals surface area contributed by atoms with Crippen molar-refractivity contribution in [2.45, 2.75) is 44.8 Å². The van der Waals surface area contributed by atoms with Crippen LogP contribution in [-0.2, 0) is 15.1 Å². The highest BCUT2D eigenvalue weighted by Crippen LogP contribution is 2.36. The van der Waals surface area contributed by atoms with Crippen LogP contribution in [0.2, 0.25) is 0 Å². The van der Waals surface area contributed by atoms with E-state index in [4.69, 9.17) is 14.0 Å². The van der Waals surface area contributed by atoms with E-state index in [2.05, 4.69) is 22.4 Å². The lowest BCUT2D eigenvalue weighted by atomic mass is 9.93. The van der Waals surface area contributed by atoms with Gasteiger partial charge in [-0.05, 0) is 25.8 Å². The Morgan fingerprint density at radius 2 is 2.20 bits per heavy atom. The Kier molecular flexibility index (Phi) is 4.05. The fourth-order valence-corrected chi connectivity index (χ4v) is 3.12. The molecule has 1 aromatic rings. The maximum absolute atomic E-state index is 5.97. The molecule has 0 aromatic carbocycles. The van der Waals surface area contributed by atoms with Crippen LogP contribution in [0, 0.1) is 5.92 Å². The summed E-state index contributed by atoms with van der Waals surface area (Å²) in [6.07, 6.45) is 2.72. The van der Waals surface area contributed by atoms with Crippen molar-refractivity contribution in [1.29, 1.82) is 0 Å². The number of aromatic nitrogens is 2. The van der Waals surface area contributed by atoms with Crippen LogP contribution in [-0.4, -0.2) is 36.5 Å². The van der Waals surface area contributed by atoms with Gasteiger partial charge in [0.25, 0.3) is 0 Å². The van der Waals surface area contributed by atoms with Crippen LogP contribution < -0.4 is 5.32 Å². The zero-order chi connectivity index (χ0) is 14.0. The van der Waals surface area contributed by atoms with E-state index in [1.807, 2.05) is 6.92 Å². The number of hydrogen-bond donors (Lipinski definition) is 1. The summed E-state index contributed by atoms with van der Waals surface area (Å²) in [4.78, 5) is 4.64. The first kappa shape index (κ1) is 14.0. The molecule has 20 heavy (non-hydrogen) atoms. The molecule has 1 aromatic heterocycles. The molecule has 0 amide bonds. The maximum atomic E-state index is 5.97. The lowest BCUT2D eigenvalue weighted by Crippen LogP contribution is -2.37. The van der Waals surface area contributed by atoms with Crippen LogP contribution in [0.5, 0.6) is 0 Å². The third-order valence-electron chi connectivity index (χ3n) is 4.37. The Bertz CT molecular complexity index is 437. The monoisotopic (exact) mass is 281 g/mol. The van der Waals surface area contributed by atoms with Gasteiger partial charge in [-0.3, -0.25) is 0 Å². The number of hydrogen-bond acceptors (Lipinski definition) is 6. The summed E-state index contributed by atoms with van der Waals surface area (Å²) < 4.78 is 16.9. The molecule has 0 saturated carbocycles. The van der Waals surface area contributed by atoms with Gasteiger partial charge in [-0.2, -0.15) is 4.98 Å². The number of nitrogens with one attached hydrogen (secondary N) is 1. The first-order valence-electron chi connectivity index (χ1n) is 7.54. The van der Waals surface area contributed by atoms with Gasteiger partial charge in [-0.25, -0.2) is 0 Å². The number of ether oxygens (including phenoxy) is 2. The molecule has 0 aliphatic carbocycles. The molecule has 2 fully saturated rings. The van der Waals surface area contributed by atoms with Crippen molar-refractivity contribution in [3.63, 3.8) is 0 Å². The van der Waals surface area contributed by atoms with Crippen molar-refractivity contribution >= 4 is 0 Å². The lowest BCUT2D eigenvalue weighted by molar-refractivity contribution is -0.118. The summed E-state index contributed by atoms with van der Waals surface area (Å²) >= 11 is 0. The molecule has 6 heteroatoms. The molecule has 6 nitrogen and oxygen atoms in total. The highest BCUT2D eigenvalue weighted by atomic mass is 16.5. The fourth-order valence-electron chi connectivity index (χ4n) is 3.12. The van der Waals surface area contributed by atoms with Gasteiger partial charge in [-0.15, -0.1) is 0 Å². The highest BCUT2D eigenvalue weighted by molar-refractivity contribution is 5.06. The van der Waals surface area contributed by atoms with Crippen LogP contribution in [0.4, 0.5) is 0 Å². The fraction of sp³-hybridized carbons (Fsp3) is 0.857. The number of rotatable bonds is 4. The summed E-state index contributed by atoms with van der Waals surface area (Å²) in [5, 5.41) is 7.62. The quantitative estimate of drug-likeness (QED) is 0.907. The second-order valence-electron chi connectivity index (χ2n) is 5.69. The van der Waals surface area contributed by atoms with Crippen LogP contribution in [0.1, 0.15) is 50.9 Å². The molecule has 0 spiro atoms. The van der Waals surface area contributed by atoms with Gasteiger partial charge in [0.15, 0.2) is 0 Å². The third kappa shape index (κ3) is 2.47. The van der Waals surface area contributed by atoms with Crippen molar-refractivity contribution in [3.8, 4) is 0 Å². The second-order valence-corrected chi connectivity index (χ2v) is 5.69. The van der Waals surface area contributed by atoms with Crippen molar-refractivity contribution in [2.75, 3.05) is 26.4 Å². The van der Waals surface area contributed by atoms with E-state index in [1.165, 1.54) is 0 Å². The van der Waals surface area contributed by atoms with E-state index in [0.29, 0.717) is 37.5 Å². The SMILES string of the molecule is CCOC1(c2noc(C3NCCC3C)n2)CCOCC1. The molecule has 3 heterocycles. The molecule has 2 aliphatic heterocycles. The van der Waals surface area contributed by atoms with E-state index in [-0.39, 0.29) is 6.04 Å². The molecule has 0 bridgehead atoms. The van der Waals surface area contributed by atoms with E-state index >= 15 is 0 Å². The summed E-state index contributed by atoms with van der Waals surface area (Å²) in [5.41, 5.74) is -0.434. The summed E-state index contributed by atoms with van der Waals surface area (Å²) in [5.74, 6) is 1.90. The molecule has 2 unspecified atom stereocenters. The van der Waals surface area contributed by atoms with Crippen molar-refractivity contribution in [3.05, 3.63) is 11.7 Å². The topological polar surface area (TPSA) is 69.4 Å². The zero-order valence-corrected chi connectivity index (χ0v) is 12.2. The molecular weight excluding hydrogens is 258 g/mol. The third-order valence-corrected chi connectivity index (χ3v) is 4.37. The number of nitrogens with zero attached hydrogens (tertiary/aromatic N) is 2.